The molecule has 0 saturated heterocycles. The van der Waals surface area contributed by atoms with Crippen molar-refractivity contribution in [3.8, 4) is 0 Å². The molecule has 0 aromatic heterocycles. The van der Waals surface area contributed by atoms with Crippen LogP contribution in [0.4, 0.5) is 5.69 Å². The van der Waals surface area contributed by atoms with Crippen molar-refractivity contribution in [1.82, 2.24) is 0 Å². The van der Waals surface area contributed by atoms with Gasteiger partial charge < -0.3 is 10.6 Å². The molecule has 2 N–H and O–H groups in total. The SMILES string of the molecule is CC(N)C(=O)N1CCCc2ccccc21.Cl. The second-order valence-corrected chi connectivity index (χ2v) is 4.01. The number of para-hydroxylation sites is 1. The van der Waals surface area contributed by atoms with Crippen LogP contribution in [0.1, 0.15) is 18.9 Å². The summed E-state index contributed by atoms with van der Waals surface area (Å²) in [6.07, 6.45) is 2.08. The average Bonchev–Trinajstić information content (AvgIpc) is 2.27. The predicted molar refractivity (Wildman–Crippen MR) is 68.0 cm³/mol. The van der Waals surface area contributed by atoms with E-state index in [-0.39, 0.29) is 18.3 Å². The van der Waals surface area contributed by atoms with Gasteiger partial charge in [-0.25, -0.2) is 0 Å². The van der Waals surface area contributed by atoms with E-state index in [9.17, 15) is 4.79 Å². The molecule has 16 heavy (non-hydrogen) atoms. The van der Waals surface area contributed by atoms with E-state index in [1.165, 1.54) is 5.56 Å². The highest BCUT2D eigenvalue weighted by Crippen LogP contribution is 2.26. The summed E-state index contributed by atoms with van der Waals surface area (Å²) < 4.78 is 0. The molecule has 2 rings (SSSR count). The number of carbonyl (C=O) groups excluding carboxylic acids is 1. The van der Waals surface area contributed by atoms with Gasteiger partial charge in [-0.05, 0) is 31.4 Å². The first-order valence-electron chi connectivity index (χ1n) is 5.35. The Morgan fingerprint density at radius 1 is 1.44 bits per heavy atom. The lowest BCUT2D eigenvalue weighted by Gasteiger charge is -2.30. The van der Waals surface area contributed by atoms with Gasteiger partial charge in [0, 0.05) is 12.2 Å². The van der Waals surface area contributed by atoms with Crippen LogP contribution in [-0.2, 0) is 11.2 Å². The Balaban J connectivity index is 0.00000128. The molecule has 0 bridgehead atoms. The fourth-order valence-electron chi connectivity index (χ4n) is 2.01. The van der Waals surface area contributed by atoms with E-state index in [4.69, 9.17) is 5.73 Å². The summed E-state index contributed by atoms with van der Waals surface area (Å²) in [5, 5.41) is 0. The Morgan fingerprint density at radius 3 is 2.81 bits per heavy atom. The molecule has 0 aliphatic carbocycles. The normalized spacial score (nSPS) is 16.0. The first-order valence-corrected chi connectivity index (χ1v) is 5.35. The summed E-state index contributed by atoms with van der Waals surface area (Å²) in [6.45, 7) is 2.52. The Bertz CT molecular complexity index is 379. The number of nitrogens with zero attached hydrogens (tertiary/aromatic N) is 1. The zero-order chi connectivity index (χ0) is 10.8. The largest absolute Gasteiger partial charge is 0.320 e. The van der Waals surface area contributed by atoms with Gasteiger partial charge in [-0.3, -0.25) is 4.79 Å². The molecule has 3 nitrogen and oxygen atoms in total. The number of aryl methyl sites for hydroxylation is 1. The third-order valence-electron chi connectivity index (χ3n) is 2.77. The molecular weight excluding hydrogens is 224 g/mol. The summed E-state index contributed by atoms with van der Waals surface area (Å²) in [5.41, 5.74) is 7.91. The van der Waals surface area contributed by atoms with E-state index < -0.39 is 6.04 Å². The van der Waals surface area contributed by atoms with Crippen LogP contribution >= 0.6 is 12.4 Å². The van der Waals surface area contributed by atoms with Crippen LogP contribution in [0, 0.1) is 0 Å². The molecule has 1 atom stereocenters. The molecule has 0 spiro atoms. The summed E-state index contributed by atoms with van der Waals surface area (Å²) in [7, 11) is 0. The van der Waals surface area contributed by atoms with Gasteiger partial charge in [-0.1, -0.05) is 18.2 Å². The fourth-order valence-corrected chi connectivity index (χ4v) is 2.01. The van der Waals surface area contributed by atoms with Crippen LogP contribution in [0.3, 0.4) is 0 Å². The van der Waals surface area contributed by atoms with E-state index in [0.717, 1.165) is 25.1 Å². The molecular formula is C12H17ClN2O. The Hall–Kier alpha value is -1.06. The number of hydrogen-bond donors (Lipinski definition) is 1. The lowest BCUT2D eigenvalue weighted by Crippen LogP contribution is -2.44. The molecule has 0 saturated carbocycles. The highest BCUT2D eigenvalue weighted by atomic mass is 35.5. The number of benzene rings is 1. The van der Waals surface area contributed by atoms with Crippen molar-refractivity contribution in [2.75, 3.05) is 11.4 Å². The van der Waals surface area contributed by atoms with Crippen molar-refractivity contribution >= 4 is 24.0 Å². The first kappa shape index (κ1) is 13.0. The minimum atomic E-state index is -0.420. The van der Waals surface area contributed by atoms with Crippen molar-refractivity contribution in [2.24, 2.45) is 5.73 Å². The van der Waals surface area contributed by atoms with Crippen molar-refractivity contribution < 1.29 is 4.79 Å². The van der Waals surface area contributed by atoms with Gasteiger partial charge in [0.25, 0.3) is 0 Å². The second-order valence-electron chi connectivity index (χ2n) is 4.01. The summed E-state index contributed by atoms with van der Waals surface area (Å²) >= 11 is 0. The fraction of sp³-hybridized carbons (Fsp3) is 0.417. The van der Waals surface area contributed by atoms with Crippen LogP contribution < -0.4 is 10.6 Å². The van der Waals surface area contributed by atoms with Crippen molar-refractivity contribution in [2.45, 2.75) is 25.8 Å². The molecule has 1 heterocycles. The number of rotatable bonds is 1. The van der Waals surface area contributed by atoms with Gasteiger partial charge in [0.1, 0.15) is 0 Å². The lowest BCUT2D eigenvalue weighted by molar-refractivity contribution is -0.119. The Labute approximate surface area is 102 Å². The quantitative estimate of drug-likeness (QED) is 0.813. The smallest absolute Gasteiger partial charge is 0.243 e. The number of carbonyl (C=O) groups is 1. The summed E-state index contributed by atoms with van der Waals surface area (Å²) in [6, 6.07) is 7.63. The van der Waals surface area contributed by atoms with Crippen LogP contribution in [0.25, 0.3) is 0 Å². The summed E-state index contributed by atoms with van der Waals surface area (Å²) in [5.74, 6) is 0.0159. The topological polar surface area (TPSA) is 46.3 Å². The molecule has 0 radical (unpaired) electrons. The van der Waals surface area contributed by atoms with E-state index in [2.05, 4.69) is 6.07 Å². The van der Waals surface area contributed by atoms with Gasteiger partial charge in [-0.2, -0.15) is 0 Å². The predicted octanol–water partition coefficient (Wildman–Crippen LogP) is 1.73. The third kappa shape index (κ3) is 2.36. The molecule has 0 fully saturated rings. The van der Waals surface area contributed by atoms with Crippen molar-refractivity contribution in [3.05, 3.63) is 29.8 Å². The highest BCUT2D eigenvalue weighted by Gasteiger charge is 2.23. The molecule has 88 valence electrons. The zero-order valence-electron chi connectivity index (χ0n) is 9.35. The van der Waals surface area contributed by atoms with Gasteiger partial charge in [-0.15, -0.1) is 12.4 Å². The molecule has 1 aliphatic rings. The number of nitrogens with two attached hydrogens (primary N) is 1. The molecule has 1 aromatic carbocycles. The van der Waals surface area contributed by atoms with Crippen LogP contribution in [0.2, 0.25) is 0 Å². The number of halogens is 1. The Morgan fingerprint density at radius 2 is 2.12 bits per heavy atom. The molecule has 1 aromatic rings. The van der Waals surface area contributed by atoms with Crippen molar-refractivity contribution in [3.63, 3.8) is 0 Å². The van der Waals surface area contributed by atoms with E-state index >= 15 is 0 Å². The second kappa shape index (κ2) is 5.32. The van der Waals surface area contributed by atoms with E-state index in [0.29, 0.717) is 0 Å². The Kier molecular flexibility index (Phi) is 4.33. The third-order valence-corrected chi connectivity index (χ3v) is 2.77. The standard InChI is InChI=1S/C12H16N2O.ClH/c1-9(13)12(15)14-8-4-6-10-5-2-3-7-11(10)14;/h2-3,5,7,9H,4,6,8,13H2,1H3;1H. The first-order chi connectivity index (χ1) is 7.20. The maximum atomic E-state index is 11.9. The minimum absolute atomic E-state index is 0. The highest BCUT2D eigenvalue weighted by molar-refractivity contribution is 5.97. The molecule has 1 amide bonds. The maximum absolute atomic E-state index is 11.9. The van der Waals surface area contributed by atoms with Crippen LogP contribution in [-0.4, -0.2) is 18.5 Å². The van der Waals surface area contributed by atoms with Crippen LogP contribution in [0.15, 0.2) is 24.3 Å². The number of fused-ring (bicyclic) bond motifs is 1. The molecule has 1 aliphatic heterocycles. The van der Waals surface area contributed by atoms with Crippen LogP contribution in [0.5, 0.6) is 0 Å². The monoisotopic (exact) mass is 240 g/mol. The average molecular weight is 241 g/mol. The van der Waals surface area contributed by atoms with E-state index in [1.807, 2.05) is 23.1 Å². The zero-order valence-corrected chi connectivity index (χ0v) is 10.2. The molecule has 4 heteroatoms. The van der Waals surface area contributed by atoms with Gasteiger partial charge in [0.15, 0.2) is 0 Å². The number of amides is 1. The molecule has 1 unspecified atom stereocenters. The van der Waals surface area contributed by atoms with Gasteiger partial charge >= 0.3 is 0 Å². The van der Waals surface area contributed by atoms with Gasteiger partial charge in [0.05, 0.1) is 6.04 Å². The lowest BCUT2D eigenvalue weighted by atomic mass is 10.0. The minimum Gasteiger partial charge on any atom is -0.320 e. The van der Waals surface area contributed by atoms with E-state index in [1.54, 1.807) is 6.92 Å². The maximum Gasteiger partial charge on any atom is 0.243 e. The number of hydrogen-bond acceptors (Lipinski definition) is 2. The summed E-state index contributed by atoms with van der Waals surface area (Å²) in [4.78, 5) is 13.7. The van der Waals surface area contributed by atoms with Gasteiger partial charge in [0.2, 0.25) is 5.91 Å². The number of anilines is 1. The van der Waals surface area contributed by atoms with Crippen molar-refractivity contribution in [1.29, 1.82) is 0 Å².